The minimum Gasteiger partial charge on any atom is -0.478 e. The fourth-order valence-corrected chi connectivity index (χ4v) is 2.17. The maximum Gasteiger partial charge on any atom is 0.268 e. The van der Waals surface area contributed by atoms with E-state index in [-0.39, 0.29) is 18.4 Å². The number of hydrogen-bond acceptors (Lipinski definition) is 3. The molecule has 1 aliphatic heterocycles. The molecule has 0 saturated carbocycles. The Kier molecular flexibility index (Phi) is 3.90. The van der Waals surface area contributed by atoms with Gasteiger partial charge in [-0.25, -0.2) is 0 Å². The molecule has 0 bridgehead atoms. The molecule has 0 radical (unpaired) electrons. The summed E-state index contributed by atoms with van der Waals surface area (Å²) in [5, 5.41) is 9.20. The summed E-state index contributed by atoms with van der Waals surface area (Å²) in [6.07, 6.45) is 1.23. The van der Waals surface area contributed by atoms with Crippen LogP contribution in [-0.2, 0) is 11.4 Å². The van der Waals surface area contributed by atoms with Crippen molar-refractivity contribution in [3.8, 4) is 5.75 Å². The van der Waals surface area contributed by atoms with Crippen molar-refractivity contribution in [2.75, 3.05) is 11.4 Å². The highest BCUT2D eigenvalue weighted by atomic mass is 16.5. The number of benzene rings is 1. The lowest BCUT2D eigenvalue weighted by molar-refractivity contribution is -0.128. The van der Waals surface area contributed by atoms with Gasteiger partial charge in [0.15, 0.2) is 6.10 Å². The number of carbonyl (C=O) groups excluding carboxylic acids is 1. The van der Waals surface area contributed by atoms with Crippen LogP contribution in [0.15, 0.2) is 30.9 Å². The van der Waals surface area contributed by atoms with Crippen molar-refractivity contribution < 1.29 is 14.6 Å². The van der Waals surface area contributed by atoms with Gasteiger partial charge in [0, 0.05) is 6.54 Å². The highest BCUT2D eigenvalue weighted by Gasteiger charge is 2.35. The Bertz CT molecular complexity index is 496. The molecule has 1 atom stereocenters. The van der Waals surface area contributed by atoms with Crippen LogP contribution in [0.3, 0.4) is 0 Å². The molecule has 1 aromatic rings. The van der Waals surface area contributed by atoms with Crippen molar-refractivity contribution in [2.24, 2.45) is 5.92 Å². The second-order valence-electron chi connectivity index (χ2n) is 4.98. The quantitative estimate of drug-likeness (QED) is 0.845. The monoisotopic (exact) mass is 261 g/mol. The summed E-state index contributed by atoms with van der Waals surface area (Å²) in [5.41, 5.74) is 1.46. The fourth-order valence-electron chi connectivity index (χ4n) is 2.17. The third kappa shape index (κ3) is 2.49. The number of nitrogens with zero attached hydrogens (tertiary/aromatic N) is 1. The van der Waals surface area contributed by atoms with Crippen molar-refractivity contribution in [3.63, 3.8) is 0 Å². The molecule has 1 heterocycles. The molecule has 19 heavy (non-hydrogen) atoms. The van der Waals surface area contributed by atoms with Crippen LogP contribution in [-0.4, -0.2) is 23.7 Å². The third-order valence-electron chi connectivity index (χ3n) is 3.18. The zero-order valence-electron chi connectivity index (χ0n) is 11.3. The second kappa shape index (κ2) is 5.45. The predicted octanol–water partition coefficient (Wildman–Crippen LogP) is 2.11. The fraction of sp³-hybridized carbons (Fsp3) is 0.400. The maximum atomic E-state index is 12.4. The Morgan fingerprint density at radius 2 is 2.26 bits per heavy atom. The summed E-state index contributed by atoms with van der Waals surface area (Å²) in [6, 6.07) is 5.39. The predicted molar refractivity (Wildman–Crippen MR) is 74.2 cm³/mol. The molecule has 0 fully saturated rings. The molecule has 1 aliphatic rings. The van der Waals surface area contributed by atoms with Crippen LogP contribution in [0, 0.1) is 5.92 Å². The molecule has 4 heteroatoms. The molecule has 4 nitrogen and oxygen atoms in total. The number of aliphatic hydroxyl groups excluding tert-OH is 1. The van der Waals surface area contributed by atoms with Gasteiger partial charge < -0.3 is 14.7 Å². The summed E-state index contributed by atoms with van der Waals surface area (Å²) in [6.45, 7) is 7.99. The van der Waals surface area contributed by atoms with Gasteiger partial charge in [0.25, 0.3) is 5.91 Å². The molecule has 1 unspecified atom stereocenters. The molecule has 0 saturated heterocycles. The van der Waals surface area contributed by atoms with Crippen LogP contribution in [0.5, 0.6) is 5.75 Å². The van der Waals surface area contributed by atoms with Crippen molar-refractivity contribution in [2.45, 2.75) is 26.6 Å². The van der Waals surface area contributed by atoms with E-state index >= 15 is 0 Å². The largest absolute Gasteiger partial charge is 0.478 e. The van der Waals surface area contributed by atoms with E-state index in [2.05, 4.69) is 6.58 Å². The molecule has 0 aliphatic carbocycles. The summed E-state index contributed by atoms with van der Waals surface area (Å²) in [5.74, 6) is 0.723. The number of fused-ring (bicyclic) bond motifs is 1. The van der Waals surface area contributed by atoms with Crippen molar-refractivity contribution >= 4 is 11.6 Å². The first-order chi connectivity index (χ1) is 9.08. The third-order valence-corrected chi connectivity index (χ3v) is 3.18. The van der Waals surface area contributed by atoms with Crippen molar-refractivity contribution in [3.05, 3.63) is 36.4 Å². The normalized spacial score (nSPS) is 18.2. The van der Waals surface area contributed by atoms with E-state index in [1.807, 2.05) is 13.8 Å². The van der Waals surface area contributed by atoms with Gasteiger partial charge in [-0.2, -0.15) is 0 Å². The smallest absolute Gasteiger partial charge is 0.268 e. The minimum absolute atomic E-state index is 0.0579. The van der Waals surface area contributed by atoms with Gasteiger partial charge in [-0.05, 0) is 23.6 Å². The standard InChI is InChI=1S/C15H19NO3/c1-4-7-16-12-8-11(9-17)5-6-13(12)19-14(10(2)3)15(16)18/h4-6,8,10,14,17H,1,7,9H2,2-3H3. The Labute approximate surface area is 113 Å². The molecular weight excluding hydrogens is 242 g/mol. The molecule has 1 aromatic carbocycles. The molecule has 0 spiro atoms. The average molecular weight is 261 g/mol. The molecule has 102 valence electrons. The molecule has 1 amide bonds. The number of aliphatic hydroxyl groups is 1. The lowest BCUT2D eigenvalue weighted by Gasteiger charge is -2.35. The number of rotatable bonds is 4. The summed E-state index contributed by atoms with van der Waals surface area (Å²) < 4.78 is 5.77. The van der Waals surface area contributed by atoms with Crippen LogP contribution in [0.25, 0.3) is 0 Å². The van der Waals surface area contributed by atoms with Crippen LogP contribution >= 0.6 is 0 Å². The Morgan fingerprint density at radius 3 is 2.84 bits per heavy atom. The van der Waals surface area contributed by atoms with Crippen LogP contribution < -0.4 is 9.64 Å². The first kappa shape index (κ1) is 13.6. The number of anilines is 1. The summed E-state index contributed by atoms with van der Waals surface area (Å²) >= 11 is 0. The van der Waals surface area contributed by atoms with Gasteiger partial charge in [0.05, 0.1) is 12.3 Å². The van der Waals surface area contributed by atoms with E-state index in [1.165, 1.54) is 0 Å². The number of ether oxygens (including phenoxy) is 1. The van der Waals surface area contributed by atoms with Crippen molar-refractivity contribution in [1.82, 2.24) is 0 Å². The summed E-state index contributed by atoms with van der Waals surface area (Å²) in [7, 11) is 0. The Hall–Kier alpha value is -1.81. The van der Waals surface area contributed by atoms with Gasteiger partial charge >= 0.3 is 0 Å². The Balaban J connectivity index is 2.46. The second-order valence-corrected chi connectivity index (χ2v) is 4.98. The topological polar surface area (TPSA) is 49.8 Å². The van der Waals surface area contributed by atoms with Crippen molar-refractivity contribution in [1.29, 1.82) is 0 Å². The van der Waals surface area contributed by atoms with E-state index < -0.39 is 6.10 Å². The van der Waals surface area contributed by atoms with Crippen LogP contribution in [0.4, 0.5) is 5.69 Å². The molecule has 2 rings (SSSR count). The average Bonchev–Trinajstić information content (AvgIpc) is 2.40. The van der Waals surface area contributed by atoms with Gasteiger partial charge in [0.2, 0.25) is 0 Å². The molecule has 1 N–H and O–H groups in total. The highest BCUT2D eigenvalue weighted by molar-refractivity contribution is 6.00. The first-order valence-corrected chi connectivity index (χ1v) is 6.41. The van der Waals surface area contributed by atoms with E-state index in [0.717, 1.165) is 5.56 Å². The van der Waals surface area contributed by atoms with Gasteiger partial charge in [-0.1, -0.05) is 26.0 Å². The molecule has 0 aromatic heterocycles. The highest BCUT2D eigenvalue weighted by Crippen LogP contribution is 2.36. The van der Waals surface area contributed by atoms with E-state index in [9.17, 15) is 9.90 Å². The van der Waals surface area contributed by atoms with E-state index in [1.54, 1.807) is 29.2 Å². The van der Waals surface area contributed by atoms with Crippen LogP contribution in [0.2, 0.25) is 0 Å². The number of carbonyl (C=O) groups is 1. The lowest BCUT2D eigenvalue weighted by Crippen LogP contribution is -2.48. The SMILES string of the molecule is C=CCN1C(=O)C(C(C)C)Oc2ccc(CO)cc21. The zero-order chi connectivity index (χ0) is 14.0. The maximum absolute atomic E-state index is 12.4. The van der Waals surface area contributed by atoms with Gasteiger partial charge in [0.1, 0.15) is 5.75 Å². The Morgan fingerprint density at radius 1 is 1.53 bits per heavy atom. The van der Waals surface area contributed by atoms with Gasteiger partial charge in [-0.3, -0.25) is 4.79 Å². The lowest BCUT2D eigenvalue weighted by atomic mass is 10.0. The van der Waals surface area contributed by atoms with Crippen LogP contribution in [0.1, 0.15) is 19.4 Å². The first-order valence-electron chi connectivity index (χ1n) is 6.41. The van der Waals surface area contributed by atoms with E-state index in [4.69, 9.17) is 4.74 Å². The number of hydrogen-bond donors (Lipinski definition) is 1. The molecular formula is C15H19NO3. The number of amides is 1. The van der Waals surface area contributed by atoms with E-state index in [0.29, 0.717) is 18.0 Å². The van der Waals surface area contributed by atoms with Gasteiger partial charge in [-0.15, -0.1) is 6.58 Å². The minimum atomic E-state index is -0.465. The summed E-state index contributed by atoms with van der Waals surface area (Å²) in [4.78, 5) is 14.1. The zero-order valence-corrected chi connectivity index (χ0v) is 11.3.